The first-order valence-corrected chi connectivity index (χ1v) is 6.90. The van der Waals surface area contributed by atoms with Crippen LogP contribution in [0.15, 0.2) is 29.2 Å². The van der Waals surface area contributed by atoms with Crippen LogP contribution < -0.4 is 15.2 Å². The fourth-order valence-electron chi connectivity index (χ4n) is 1.39. The first kappa shape index (κ1) is 13.4. The van der Waals surface area contributed by atoms with Crippen molar-refractivity contribution in [3.8, 4) is 17.8 Å². The van der Waals surface area contributed by atoms with Gasteiger partial charge in [-0.15, -0.1) is 16.7 Å². The number of anilines is 1. The second-order valence-electron chi connectivity index (χ2n) is 3.44. The van der Waals surface area contributed by atoms with Gasteiger partial charge in [-0.3, -0.25) is 0 Å². The van der Waals surface area contributed by atoms with Crippen molar-refractivity contribution in [2.24, 2.45) is 0 Å². The number of aromatic nitrogens is 3. The first-order valence-electron chi connectivity index (χ1n) is 5.68. The van der Waals surface area contributed by atoms with E-state index in [0.717, 1.165) is 4.90 Å². The third-order valence-electron chi connectivity index (χ3n) is 2.16. The van der Waals surface area contributed by atoms with Crippen molar-refractivity contribution in [3.05, 3.63) is 24.3 Å². The van der Waals surface area contributed by atoms with Gasteiger partial charge in [-0.2, -0.15) is 9.97 Å². The van der Waals surface area contributed by atoms with Crippen LogP contribution in [0.2, 0.25) is 0 Å². The molecule has 1 aromatic carbocycles. The molecule has 0 radical (unpaired) electrons. The second-order valence-corrected chi connectivity index (χ2v) is 4.29. The number of hydrogen-bond donors (Lipinski definition) is 1. The Hall–Kier alpha value is -2.02. The second kappa shape index (κ2) is 6.24. The fourth-order valence-corrected chi connectivity index (χ4v) is 1.92. The number of nitrogens with two attached hydrogens (primary N) is 1. The lowest BCUT2D eigenvalue weighted by atomic mass is 10.3. The number of benzene rings is 1. The average Bonchev–Trinajstić information content (AvgIpc) is 2.39. The van der Waals surface area contributed by atoms with E-state index >= 15 is 0 Å². The highest BCUT2D eigenvalue weighted by molar-refractivity contribution is 7.98. The summed E-state index contributed by atoms with van der Waals surface area (Å²) >= 11 is 1.57. The molecule has 0 aliphatic rings. The van der Waals surface area contributed by atoms with Gasteiger partial charge in [0.25, 0.3) is 0 Å². The number of hydrogen-bond acceptors (Lipinski definition) is 7. The third kappa shape index (κ3) is 3.47. The quantitative estimate of drug-likeness (QED) is 0.840. The summed E-state index contributed by atoms with van der Waals surface area (Å²) in [6, 6.07) is 7.89. The van der Waals surface area contributed by atoms with E-state index in [0.29, 0.717) is 12.4 Å². The summed E-state index contributed by atoms with van der Waals surface area (Å²) in [5.74, 6) is 0.734. The van der Waals surface area contributed by atoms with E-state index in [-0.39, 0.29) is 18.0 Å². The first-order chi connectivity index (χ1) is 9.22. The van der Waals surface area contributed by atoms with Gasteiger partial charge >= 0.3 is 12.0 Å². The van der Waals surface area contributed by atoms with Gasteiger partial charge in [0.05, 0.1) is 6.61 Å². The molecule has 0 aliphatic heterocycles. The van der Waals surface area contributed by atoms with Crippen LogP contribution in [0.1, 0.15) is 6.92 Å². The van der Waals surface area contributed by atoms with Gasteiger partial charge in [0, 0.05) is 4.90 Å². The van der Waals surface area contributed by atoms with Crippen LogP contribution in [0.25, 0.3) is 0 Å². The van der Waals surface area contributed by atoms with E-state index in [1.807, 2.05) is 37.4 Å². The van der Waals surface area contributed by atoms with E-state index in [4.69, 9.17) is 15.2 Å². The Bertz CT molecular complexity index is 565. The van der Waals surface area contributed by atoms with Gasteiger partial charge in [0.15, 0.2) is 0 Å². The summed E-state index contributed by atoms with van der Waals surface area (Å²) in [7, 11) is 0. The van der Waals surface area contributed by atoms with Crippen molar-refractivity contribution < 1.29 is 9.47 Å². The number of ether oxygens (including phenoxy) is 2. The van der Waals surface area contributed by atoms with Crippen LogP contribution in [0.3, 0.4) is 0 Å². The standard InChI is InChI=1S/C12H14N4O2S/c1-3-17-11-14-10(13)15-12(16-11)18-8-6-4-5-7-9(8)19-2/h4-7H,3H2,1-2H3,(H2,13,14,15,16). The zero-order valence-electron chi connectivity index (χ0n) is 10.7. The Morgan fingerprint density at radius 1 is 1.16 bits per heavy atom. The number of thioether (sulfide) groups is 1. The smallest absolute Gasteiger partial charge is 0.330 e. The molecule has 0 fully saturated rings. The van der Waals surface area contributed by atoms with Crippen LogP contribution >= 0.6 is 11.8 Å². The van der Waals surface area contributed by atoms with Crippen molar-refractivity contribution in [1.82, 2.24) is 15.0 Å². The number of nitrogens with zero attached hydrogens (tertiary/aromatic N) is 3. The molecule has 0 saturated carbocycles. The van der Waals surface area contributed by atoms with Crippen LogP contribution in [0.5, 0.6) is 17.8 Å². The summed E-state index contributed by atoms with van der Waals surface area (Å²) in [5.41, 5.74) is 5.59. The van der Waals surface area contributed by atoms with Crippen molar-refractivity contribution in [2.75, 3.05) is 18.6 Å². The number of rotatable bonds is 5. The minimum absolute atomic E-state index is 0.0649. The predicted octanol–water partition coefficient (Wildman–Crippen LogP) is 2.37. The highest BCUT2D eigenvalue weighted by Gasteiger charge is 2.09. The molecule has 2 N–H and O–H groups in total. The Labute approximate surface area is 115 Å². The maximum atomic E-state index is 5.63. The van der Waals surface area contributed by atoms with Crippen LogP contribution in [-0.2, 0) is 0 Å². The van der Waals surface area contributed by atoms with Gasteiger partial charge in [-0.25, -0.2) is 0 Å². The molecule has 19 heavy (non-hydrogen) atoms. The van der Waals surface area contributed by atoms with E-state index in [1.165, 1.54) is 0 Å². The van der Waals surface area contributed by atoms with E-state index in [2.05, 4.69) is 15.0 Å². The molecule has 0 unspecified atom stereocenters. The molecule has 0 amide bonds. The minimum atomic E-state index is 0.0649. The topological polar surface area (TPSA) is 83.2 Å². The van der Waals surface area contributed by atoms with Gasteiger partial charge < -0.3 is 15.2 Å². The fraction of sp³-hybridized carbons (Fsp3) is 0.250. The van der Waals surface area contributed by atoms with Gasteiger partial charge in [0.2, 0.25) is 5.95 Å². The lowest BCUT2D eigenvalue weighted by molar-refractivity contribution is 0.303. The normalized spacial score (nSPS) is 10.2. The lowest BCUT2D eigenvalue weighted by Gasteiger charge is -2.08. The summed E-state index contributed by atoms with van der Waals surface area (Å²) in [4.78, 5) is 12.8. The predicted molar refractivity (Wildman–Crippen MR) is 73.7 cm³/mol. The van der Waals surface area contributed by atoms with E-state index in [9.17, 15) is 0 Å². The van der Waals surface area contributed by atoms with Crippen molar-refractivity contribution in [3.63, 3.8) is 0 Å². The van der Waals surface area contributed by atoms with Crippen molar-refractivity contribution >= 4 is 17.7 Å². The summed E-state index contributed by atoms with van der Waals surface area (Å²) in [6.07, 6.45) is 1.97. The third-order valence-corrected chi connectivity index (χ3v) is 2.93. The highest BCUT2D eigenvalue weighted by atomic mass is 32.2. The molecule has 100 valence electrons. The molecule has 7 heteroatoms. The van der Waals surface area contributed by atoms with Gasteiger partial charge in [-0.1, -0.05) is 12.1 Å². The monoisotopic (exact) mass is 278 g/mol. The van der Waals surface area contributed by atoms with Crippen LogP contribution in [-0.4, -0.2) is 27.8 Å². The SMILES string of the molecule is CCOc1nc(N)nc(Oc2ccccc2SC)n1. The molecule has 0 spiro atoms. The molecular weight excluding hydrogens is 264 g/mol. The molecular formula is C12H14N4O2S. The maximum Gasteiger partial charge on any atom is 0.330 e. The van der Waals surface area contributed by atoms with Crippen LogP contribution in [0, 0.1) is 0 Å². The Kier molecular flexibility index (Phi) is 4.40. The molecule has 0 atom stereocenters. The molecule has 2 rings (SSSR count). The van der Waals surface area contributed by atoms with Gasteiger partial charge in [0.1, 0.15) is 5.75 Å². The maximum absolute atomic E-state index is 5.63. The summed E-state index contributed by atoms with van der Waals surface area (Å²) in [6.45, 7) is 2.29. The molecule has 1 heterocycles. The van der Waals surface area contributed by atoms with Gasteiger partial charge in [-0.05, 0) is 25.3 Å². The number of nitrogen functional groups attached to an aromatic ring is 1. The van der Waals surface area contributed by atoms with Crippen molar-refractivity contribution in [1.29, 1.82) is 0 Å². The van der Waals surface area contributed by atoms with Crippen LogP contribution in [0.4, 0.5) is 5.95 Å². The Morgan fingerprint density at radius 2 is 1.89 bits per heavy atom. The largest absolute Gasteiger partial charge is 0.464 e. The average molecular weight is 278 g/mol. The zero-order valence-corrected chi connectivity index (χ0v) is 11.5. The molecule has 2 aromatic rings. The highest BCUT2D eigenvalue weighted by Crippen LogP contribution is 2.30. The number of para-hydroxylation sites is 1. The Balaban J connectivity index is 2.27. The minimum Gasteiger partial charge on any atom is -0.464 e. The lowest BCUT2D eigenvalue weighted by Crippen LogP contribution is -2.05. The van der Waals surface area contributed by atoms with E-state index < -0.39 is 0 Å². The van der Waals surface area contributed by atoms with Crippen molar-refractivity contribution in [2.45, 2.75) is 11.8 Å². The molecule has 0 bridgehead atoms. The molecule has 1 aromatic heterocycles. The van der Waals surface area contributed by atoms with E-state index in [1.54, 1.807) is 11.8 Å². The molecule has 6 nitrogen and oxygen atoms in total. The molecule has 0 saturated heterocycles. The molecule has 0 aliphatic carbocycles. The Morgan fingerprint density at radius 3 is 2.63 bits per heavy atom. The zero-order chi connectivity index (χ0) is 13.7. The summed E-state index contributed by atoms with van der Waals surface area (Å²) in [5, 5.41) is 0. The summed E-state index contributed by atoms with van der Waals surface area (Å²) < 4.78 is 10.8.